The normalized spacial score (nSPS) is 14.8. The number of amides is 1. The van der Waals surface area contributed by atoms with E-state index in [9.17, 15) is 4.79 Å². The van der Waals surface area contributed by atoms with Crippen molar-refractivity contribution in [1.29, 1.82) is 0 Å². The molecule has 1 fully saturated rings. The summed E-state index contributed by atoms with van der Waals surface area (Å²) >= 11 is 1.78. The molecule has 0 saturated carbocycles. The first-order chi connectivity index (χ1) is 14.7. The van der Waals surface area contributed by atoms with Gasteiger partial charge in [-0.15, -0.1) is 0 Å². The Morgan fingerprint density at radius 3 is 2.73 bits per heavy atom. The fourth-order valence-corrected chi connectivity index (χ4v) is 4.81. The third kappa shape index (κ3) is 4.57. The van der Waals surface area contributed by atoms with Crippen LogP contribution in [0, 0.1) is 0 Å². The van der Waals surface area contributed by atoms with Gasteiger partial charge in [-0.25, -0.2) is 4.98 Å². The first kappa shape index (κ1) is 20.6. The smallest absolute Gasteiger partial charge is 0.255 e. The maximum absolute atomic E-state index is 12.4. The molecule has 1 aliphatic rings. The third-order valence-electron chi connectivity index (χ3n) is 5.56. The van der Waals surface area contributed by atoms with Crippen molar-refractivity contribution in [1.82, 2.24) is 15.2 Å². The number of anilines is 1. The first-order valence-electron chi connectivity index (χ1n) is 10.5. The Bertz CT molecular complexity index is 1010. The average Bonchev–Trinajstić information content (AvgIpc) is 3.22. The second-order valence-corrected chi connectivity index (χ2v) is 8.45. The van der Waals surface area contributed by atoms with Crippen LogP contribution in [0.2, 0.25) is 0 Å². The maximum Gasteiger partial charge on any atom is 0.255 e. The van der Waals surface area contributed by atoms with Gasteiger partial charge in [-0.1, -0.05) is 36.5 Å². The number of carbonyl (C=O) groups is 1. The van der Waals surface area contributed by atoms with Crippen LogP contribution < -0.4 is 15.0 Å². The number of nitrogens with zero attached hydrogens (tertiary/aromatic N) is 3. The summed E-state index contributed by atoms with van der Waals surface area (Å²) in [6, 6.07) is 13.9. The molecule has 1 amide bonds. The molecule has 1 aliphatic heterocycles. The van der Waals surface area contributed by atoms with E-state index in [1.807, 2.05) is 12.1 Å². The van der Waals surface area contributed by atoms with Crippen LogP contribution in [0.3, 0.4) is 0 Å². The molecule has 2 aromatic carbocycles. The molecule has 0 spiro atoms. The molecule has 0 atom stereocenters. The van der Waals surface area contributed by atoms with Gasteiger partial charge >= 0.3 is 0 Å². The molecule has 6 nitrogen and oxygen atoms in total. The molecule has 0 unspecified atom stereocenters. The summed E-state index contributed by atoms with van der Waals surface area (Å²) in [4.78, 5) is 22.0. The molecular formula is C23H28N4O2S. The van der Waals surface area contributed by atoms with Gasteiger partial charge < -0.3 is 15.0 Å². The van der Waals surface area contributed by atoms with Gasteiger partial charge in [0.2, 0.25) is 0 Å². The minimum absolute atomic E-state index is 0.0907. The maximum atomic E-state index is 12.4. The highest BCUT2D eigenvalue weighted by Crippen LogP contribution is 2.30. The fourth-order valence-electron chi connectivity index (χ4n) is 3.73. The first-order valence-corrected chi connectivity index (χ1v) is 11.3. The second-order valence-electron chi connectivity index (χ2n) is 7.44. The number of para-hydroxylation sites is 1. The van der Waals surface area contributed by atoms with E-state index in [-0.39, 0.29) is 5.91 Å². The van der Waals surface area contributed by atoms with Gasteiger partial charge in [0.1, 0.15) is 5.75 Å². The van der Waals surface area contributed by atoms with Crippen LogP contribution in [0.4, 0.5) is 5.13 Å². The van der Waals surface area contributed by atoms with Gasteiger partial charge in [0.15, 0.2) is 5.13 Å². The van der Waals surface area contributed by atoms with Crippen molar-refractivity contribution >= 4 is 32.6 Å². The standard InChI is InChI=1S/C23H28N4O2S/c1-3-17-8-9-19-21(16-17)30-23(25-19)27-14-12-26(13-15-27)11-10-24-22(28)18-6-4-5-7-20(18)29-2/h4-9,16H,3,10-15H2,1-2H3,(H,24,28). The molecule has 4 rings (SSSR count). The molecular weight excluding hydrogens is 396 g/mol. The summed E-state index contributed by atoms with van der Waals surface area (Å²) < 4.78 is 6.54. The Balaban J connectivity index is 1.26. The van der Waals surface area contributed by atoms with E-state index in [2.05, 4.69) is 40.2 Å². The third-order valence-corrected chi connectivity index (χ3v) is 6.64. The number of ether oxygens (including phenoxy) is 1. The van der Waals surface area contributed by atoms with Gasteiger partial charge in [-0.05, 0) is 36.2 Å². The largest absolute Gasteiger partial charge is 0.496 e. The summed E-state index contributed by atoms with van der Waals surface area (Å²) in [5.41, 5.74) is 3.03. The lowest BCUT2D eigenvalue weighted by molar-refractivity contribution is 0.0944. The number of aryl methyl sites for hydroxylation is 1. The molecule has 3 aromatic rings. The van der Waals surface area contributed by atoms with E-state index >= 15 is 0 Å². The lowest BCUT2D eigenvalue weighted by Crippen LogP contribution is -2.48. The van der Waals surface area contributed by atoms with Gasteiger partial charge in [0.05, 0.1) is 22.9 Å². The molecule has 1 aromatic heterocycles. The highest BCUT2D eigenvalue weighted by molar-refractivity contribution is 7.22. The molecule has 158 valence electrons. The number of piperazine rings is 1. The highest BCUT2D eigenvalue weighted by Gasteiger charge is 2.20. The van der Waals surface area contributed by atoms with Gasteiger partial charge in [-0.2, -0.15) is 0 Å². The Kier molecular flexibility index (Phi) is 6.50. The predicted octanol–water partition coefficient (Wildman–Crippen LogP) is 3.42. The minimum atomic E-state index is -0.0907. The fraction of sp³-hybridized carbons (Fsp3) is 0.391. The molecule has 0 aliphatic carbocycles. The zero-order valence-corrected chi connectivity index (χ0v) is 18.4. The van der Waals surface area contributed by atoms with E-state index in [4.69, 9.17) is 9.72 Å². The monoisotopic (exact) mass is 424 g/mol. The second kappa shape index (κ2) is 9.45. The number of hydrogen-bond donors (Lipinski definition) is 1. The molecule has 0 radical (unpaired) electrons. The van der Waals surface area contributed by atoms with Crippen molar-refractivity contribution < 1.29 is 9.53 Å². The lowest BCUT2D eigenvalue weighted by atomic mass is 10.2. The quantitative estimate of drug-likeness (QED) is 0.630. The van der Waals surface area contributed by atoms with E-state index < -0.39 is 0 Å². The SMILES string of the molecule is CCc1ccc2nc(N3CCN(CCNC(=O)c4ccccc4OC)CC3)sc2c1. The number of carbonyl (C=O) groups excluding carboxylic acids is 1. The van der Waals surface area contributed by atoms with Crippen molar-refractivity contribution in [3.63, 3.8) is 0 Å². The Labute approximate surface area is 181 Å². The number of hydrogen-bond acceptors (Lipinski definition) is 6. The Morgan fingerprint density at radius 1 is 1.17 bits per heavy atom. The van der Waals surface area contributed by atoms with E-state index in [1.54, 1.807) is 30.6 Å². The molecule has 1 saturated heterocycles. The number of methoxy groups -OCH3 is 1. The van der Waals surface area contributed by atoms with Crippen molar-refractivity contribution in [3.05, 3.63) is 53.6 Å². The van der Waals surface area contributed by atoms with E-state index in [1.165, 1.54) is 10.3 Å². The number of nitrogens with one attached hydrogen (secondary N) is 1. The molecule has 7 heteroatoms. The molecule has 2 heterocycles. The van der Waals surface area contributed by atoms with Crippen molar-refractivity contribution in [2.24, 2.45) is 0 Å². The zero-order chi connectivity index (χ0) is 20.9. The number of thiazole rings is 1. The number of aromatic nitrogens is 1. The van der Waals surface area contributed by atoms with Crippen molar-refractivity contribution in [2.75, 3.05) is 51.3 Å². The summed E-state index contributed by atoms with van der Waals surface area (Å²) in [5.74, 6) is 0.512. The van der Waals surface area contributed by atoms with E-state index in [0.29, 0.717) is 17.9 Å². The molecule has 30 heavy (non-hydrogen) atoms. The van der Waals surface area contributed by atoms with Gasteiger partial charge in [0, 0.05) is 39.3 Å². The zero-order valence-electron chi connectivity index (χ0n) is 17.6. The minimum Gasteiger partial charge on any atom is -0.496 e. The van der Waals surface area contributed by atoms with Gasteiger partial charge in [-0.3, -0.25) is 9.69 Å². The van der Waals surface area contributed by atoms with Gasteiger partial charge in [0.25, 0.3) is 5.91 Å². The van der Waals surface area contributed by atoms with Crippen LogP contribution in [-0.4, -0.2) is 62.2 Å². The number of fused-ring (bicyclic) bond motifs is 1. The highest BCUT2D eigenvalue weighted by atomic mass is 32.1. The summed E-state index contributed by atoms with van der Waals surface area (Å²) in [5, 5.41) is 4.12. The molecule has 0 bridgehead atoms. The molecule has 1 N–H and O–H groups in total. The summed E-state index contributed by atoms with van der Waals surface area (Å²) in [6.07, 6.45) is 1.05. The predicted molar refractivity (Wildman–Crippen MR) is 123 cm³/mol. The van der Waals surface area contributed by atoms with Crippen LogP contribution in [-0.2, 0) is 6.42 Å². The van der Waals surface area contributed by atoms with E-state index in [0.717, 1.165) is 49.8 Å². The van der Waals surface area contributed by atoms with Crippen LogP contribution in [0.25, 0.3) is 10.2 Å². The number of rotatable bonds is 7. The van der Waals surface area contributed by atoms with Crippen molar-refractivity contribution in [2.45, 2.75) is 13.3 Å². The van der Waals surface area contributed by atoms with Crippen LogP contribution in [0.1, 0.15) is 22.8 Å². The lowest BCUT2D eigenvalue weighted by Gasteiger charge is -2.34. The topological polar surface area (TPSA) is 57.7 Å². The van der Waals surface area contributed by atoms with Crippen LogP contribution in [0.15, 0.2) is 42.5 Å². The Morgan fingerprint density at radius 2 is 1.97 bits per heavy atom. The number of benzene rings is 2. The van der Waals surface area contributed by atoms with Crippen LogP contribution in [0.5, 0.6) is 5.75 Å². The summed E-state index contributed by atoms with van der Waals surface area (Å²) in [6.45, 7) is 7.51. The Hall–Kier alpha value is -2.64. The average molecular weight is 425 g/mol. The summed E-state index contributed by atoms with van der Waals surface area (Å²) in [7, 11) is 1.58. The van der Waals surface area contributed by atoms with Crippen molar-refractivity contribution in [3.8, 4) is 5.75 Å². The van der Waals surface area contributed by atoms with Crippen LogP contribution >= 0.6 is 11.3 Å².